The van der Waals surface area contributed by atoms with Crippen LogP contribution in [0.2, 0.25) is 5.02 Å². The van der Waals surface area contributed by atoms with Gasteiger partial charge in [-0.2, -0.15) is 0 Å². The van der Waals surface area contributed by atoms with Crippen molar-refractivity contribution in [3.05, 3.63) is 46.3 Å². The van der Waals surface area contributed by atoms with Gasteiger partial charge in [-0.1, -0.05) is 17.7 Å². The largest absolute Gasteiger partial charge is 0.342 e. The molecule has 1 saturated heterocycles. The first-order chi connectivity index (χ1) is 12.6. The third kappa shape index (κ3) is 3.33. The number of aromatic nitrogens is 3. The van der Waals surface area contributed by atoms with E-state index in [1.165, 1.54) is 6.07 Å². The Bertz CT molecular complexity index is 796. The molecule has 0 spiro atoms. The second kappa shape index (κ2) is 7.32. The summed E-state index contributed by atoms with van der Waals surface area (Å²) in [5, 5.41) is 12.3. The molecule has 0 bridgehead atoms. The number of hydrogen-bond donors (Lipinski definition) is 1. The Kier molecular flexibility index (Phi) is 4.91. The zero-order valence-electron chi connectivity index (χ0n) is 14.4. The Balaban J connectivity index is 1.39. The minimum atomic E-state index is -0.426. The van der Waals surface area contributed by atoms with Crippen molar-refractivity contribution in [3.63, 3.8) is 0 Å². The molecule has 6 nitrogen and oxygen atoms in total. The third-order valence-electron chi connectivity index (χ3n) is 5.25. The number of nitrogens with one attached hydrogen (secondary N) is 1. The summed E-state index contributed by atoms with van der Waals surface area (Å²) in [4.78, 5) is 14.4. The topological polar surface area (TPSA) is 63.1 Å². The lowest BCUT2D eigenvalue weighted by molar-refractivity contribution is -0.131. The van der Waals surface area contributed by atoms with Gasteiger partial charge in [0, 0.05) is 42.7 Å². The molecule has 1 N–H and O–H groups in total. The van der Waals surface area contributed by atoms with Crippen LogP contribution in [0.4, 0.5) is 4.39 Å². The summed E-state index contributed by atoms with van der Waals surface area (Å²) in [7, 11) is 0. The first kappa shape index (κ1) is 17.4. The minimum absolute atomic E-state index is 0.00216. The zero-order valence-corrected chi connectivity index (χ0v) is 15.2. The summed E-state index contributed by atoms with van der Waals surface area (Å²) in [6.07, 6.45) is 1.70. The summed E-state index contributed by atoms with van der Waals surface area (Å²) in [5.74, 6) is 1.83. The maximum Gasteiger partial charge on any atom is 0.227 e. The Morgan fingerprint density at radius 1 is 1.27 bits per heavy atom. The van der Waals surface area contributed by atoms with E-state index in [1.807, 2.05) is 0 Å². The van der Waals surface area contributed by atoms with Crippen LogP contribution in [0.5, 0.6) is 0 Å². The molecular weight excluding hydrogens is 357 g/mol. The molecule has 2 aliphatic heterocycles. The second-order valence-corrected chi connectivity index (χ2v) is 7.24. The number of carbonyl (C=O) groups excluding carboxylic acids is 1. The van der Waals surface area contributed by atoms with E-state index in [1.54, 1.807) is 17.0 Å². The molecule has 2 aromatic rings. The number of carbonyl (C=O) groups is 1. The fourth-order valence-corrected chi connectivity index (χ4v) is 4.00. The van der Waals surface area contributed by atoms with Crippen LogP contribution in [0, 0.1) is 5.82 Å². The van der Waals surface area contributed by atoms with E-state index < -0.39 is 5.82 Å². The van der Waals surface area contributed by atoms with Gasteiger partial charge >= 0.3 is 0 Å². The van der Waals surface area contributed by atoms with E-state index in [4.69, 9.17) is 11.6 Å². The van der Waals surface area contributed by atoms with Crippen LogP contribution >= 0.6 is 11.6 Å². The average Bonchev–Trinajstić information content (AvgIpc) is 3.09. The minimum Gasteiger partial charge on any atom is -0.342 e. The highest BCUT2D eigenvalue weighted by atomic mass is 35.5. The first-order valence-corrected chi connectivity index (χ1v) is 9.34. The molecule has 0 radical (unpaired) electrons. The fourth-order valence-electron chi connectivity index (χ4n) is 3.77. The molecule has 1 amide bonds. The third-order valence-corrected chi connectivity index (χ3v) is 5.61. The standard InChI is InChI=1S/C18H21ClFN5O/c19-14-2-1-3-15(20)13(14)10-17(26)24-7-4-12(5-8-24)18-23-22-16-11-21-6-9-25(16)18/h1-3,12,21H,4-11H2. The van der Waals surface area contributed by atoms with Gasteiger partial charge in [-0.25, -0.2) is 4.39 Å². The van der Waals surface area contributed by atoms with E-state index in [2.05, 4.69) is 20.1 Å². The zero-order chi connectivity index (χ0) is 18.1. The van der Waals surface area contributed by atoms with Gasteiger partial charge in [0.1, 0.15) is 17.5 Å². The monoisotopic (exact) mass is 377 g/mol. The van der Waals surface area contributed by atoms with Gasteiger partial charge in [0.2, 0.25) is 5.91 Å². The lowest BCUT2D eigenvalue weighted by Crippen LogP contribution is -2.39. The number of likely N-dealkylation sites (tertiary alicyclic amines) is 1. The van der Waals surface area contributed by atoms with Crippen LogP contribution in [0.3, 0.4) is 0 Å². The molecule has 2 aliphatic rings. The van der Waals surface area contributed by atoms with Crippen molar-refractivity contribution < 1.29 is 9.18 Å². The Hall–Kier alpha value is -1.99. The van der Waals surface area contributed by atoms with E-state index in [-0.39, 0.29) is 17.9 Å². The molecule has 0 atom stereocenters. The molecule has 0 aliphatic carbocycles. The number of hydrogen-bond acceptors (Lipinski definition) is 4. The number of rotatable bonds is 3. The highest BCUT2D eigenvalue weighted by molar-refractivity contribution is 6.31. The number of amides is 1. The predicted octanol–water partition coefficient (Wildman–Crippen LogP) is 2.12. The van der Waals surface area contributed by atoms with Crippen molar-refractivity contribution in [2.75, 3.05) is 19.6 Å². The van der Waals surface area contributed by atoms with E-state index >= 15 is 0 Å². The summed E-state index contributed by atoms with van der Waals surface area (Å²) >= 11 is 6.04. The Morgan fingerprint density at radius 2 is 2.08 bits per heavy atom. The van der Waals surface area contributed by atoms with Gasteiger partial charge in [-0.15, -0.1) is 10.2 Å². The van der Waals surface area contributed by atoms with Crippen molar-refractivity contribution in [1.82, 2.24) is 25.0 Å². The molecule has 1 fully saturated rings. The van der Waals surface area contributed by atoms with Crippen molar-refractivity contribution >= 4 is 17.5 Å². The molecule has 4 rings (SSSR count). The Morgan fingerprint density at radius 3 is 2.85 bits per heavy atom. The Labute approximate surface area is 156 Å². The lowest BCUT2D eigenvalue weighted by Gasteiger charge is -2.32. The first-order valence-electron chi connectivity index (χ1n) is 8.97. The maximum atomic E-state index is 13.9. The molecule has 1 aromatic carbocycles. The fraction of sp³-hybridized carbons (Fsp3) is 0.500. The molecule has 26 heavy (non-hydrogen) atoms. The second-order valence-electron chi connectivity index (χ2n) is 6.83. The average molecular weight is 378 g/mol. The summed E-state index contributed by atoms with van der Waals surface area (Å²) < 4.78 is 16.1. The molecule has 138 valence electrons. The van der Waals surface area contributed by atoms with E-state index in [0.717, 1.165) is 44.1 Å². The number of nitrogens with zero attached hydrogens (tertiary/aromatic N) is 4. The molecule has 3 heterocycles. The van der Waals surface area contributed by atoms with E-state index in [0.29, 0.717) is 24.0 Å². The summed E-state index contributed by atoms with van der Waals surface area (Å²) in [6.45, 7) is 3.88. The van der Waals surface area contributed by atoms with Gasteiger partial charge in [0.15, 0.2) is 0 Å². The van der Waals surface area contributed by atoms with Crippen molar-refractivity contribution in [2.24, 2.45) is 0 Å². The smallest absolute Gasteiger partial charge is 0.227 e. The maximum absolute atomic E-state index is 13.9. The van der Waals surface area contributed by atoms with Crippen molar-refractivity contribution in [2.45, 2.75) is 38.3 Å². The van der Waals surface area contributed by atoms with Gasteiger partial charge < -0.3 is 14.8 Å². The highest BCUT2D eigenvalue weighted by Gasteiger charge is 2.29. The van der Waals surface area contributed by atoms with Gasteiger partial charge in [0.05, 0.1) is 13.0 Å². The summed E-state index contributed by atoms with van der Waals surface area (Å²) in [6, 6.07) is 4.50. The van der Waals surface area contributed by atoms with Crippen LogP contribution in [-0.2, 0) is 24.3 Å². The highest BCUT2D eigenvalue weighted by Crippen LogP contribution is 2.28. The lowest BCUT2D eigenvalue weighted by atomic mass is 9.95. The molecule has 8 heteroatoms. The normalized spacial score (nSPS) is 18.0. The molecule has 0 unspecified atom stereocenters. The van der Waals surface area contributed by atoms with Crippen LogP contribution in [0.25, 0.3) is 0 Å². The molecule has 1 aromatic heterocycles. The van der Waals surface area contributed by atoms with Gasteiger partial charge in [-0.05, 0) is 25.0 Å². The number of fused-ring (bicyclic) bond motifs is 1. The number of piperidine rings is 1. The molecule has 0 saturated carbocycles. The number of halogens is 2. The summed E-state index contributed by atoms with van der Waals surface area (Å²) in [5.41, 5.74) is 0.278. The molecular formula is C18H21ClFN5O. The van der Waals surface area contributed by atoms with Crippen LogP contribution < -0.4 is 5.32 Å². The van der Waals surface area contributed by atoms with Crippen molar-refractivity contribution in [1.29, 1.82) is 0 Å². The van der Waals surface area contributed by atoms with Crippen LogP contribution in [0.15, 0.2) is 18.2 Å². The van der Waals surface area contributed by atoms with Crippen LogP contribution in [-0.4, -0.2) is 45.2 Å². The quantitative estimate of drug-likeness (QED) is 0.890. The van der Waals surface area contributed by atoms with Gasteiger partial charge in [-0.3, -0.25) is 4.79 Å². The van der Waals surface area contributed by atoms with Gasteiger partial charge in [0.25, 0.3) is 0 Å². The van der Waals surface area contributed by atoms with Crippen molar-refractivity contribution in [3.8, 4) is 0 Å². The number of benzene rings is 1. The van der Waals surface area contributed by atoms with E-state index in [9.17, 15) is 9.18 Å². The van der Waals surface area contributed by atoms with Crippen LogP contribution in [0.1, 0.15) is 36.0 Å². The SMILES string of the molecule is O=C(Cc1c(F)cccc1Cl)N1CCC(c2nnc3n2CCNC3)CC1. The predicted molar refractivity (Wildman–Crippen MR) is 95.4 cm³/mol.